The van der Waals surface area contributed by atoms with Crippen LogP contribution in [0.5, 0.6) is 0 Å². The molecule has 132 valence electrons. The predicted molar refractivity (Wildman–Crippen MR) is 106 cm³/mol. The van der Waals surface area contributed by atoms with Crippen LogP contribution in [0.15, 0.2) is 48.5 Å². The third-order valence-electron chi connectivity index (χ3n) is 6.12. The average molecular weight is 354 g/mol. The molecule has 3 aromatic carbocycles. The van der Waals surface area contributed by atoms with Crippen molar-refractivity contribution >= 4 is 27.7 Å². The number of amides is 1. The highest BCUT2D eigenvalue weighted by Gasteiger charge is 2.38. The Morgan fingerprint density at radius 1 is 1.04 bits per heavy atom. The fourth-order valence-corrected chi connectivity index (χ4v) is 5.12. The lowest BCUT2D eigenvalue weighted by atomic mass is 9.88. The Kier molecular flexibility index (Phi) is 2.89. The van der Waals surface area contributed by atoms with Crippen molar-refractivity contribution in [2.45, 2.75) is 18.9 Å². The van der Waals surface area contributed by atoms with E-state index < -0.39 is 0 Å². The molecule has 0 bridgehead atoms. The summed E-state index contributed by atoms with van der Waals surface area (Å²) in [6.45, 7) is 0.695. The normalized spacial score (nSPS) is 17.2. The largest absolute Gasteiger partial charge is 0.396 e. The highest BCUT2D eigenvalue weighted by molar-refractivity contribution is 6.22. The topological polar surface area (TPSA) is 65.1 Å². The smallest absolute Gasteiger partial charge is 0.252 e. The Morgan fingerprint density at radius 3 is 2.74 bits per heavy atom. The van der Waals surface area contributed by atoms with E-state index in [9.17, 15) is 9.90 Å². The molecule has 0 saturated heterocycles. The molecule has 27 heavy (non-hydrogen) atoms. The summed E-state index contributed by atoms with van der Waals surface area (Å²) in [5.41, 5.74) is 8.83. The first-order valence-electron chi connectivity index (χ1n) is 9.37. The molecule has 1 aliphatic heterocycles. The van der Waals surface area contributed by atoms with Crippen molar-refractivity contribution in [2.24, 2.45) is 0 Å². The zero-order chi connectivity index (χ0) is 18.1. The molecule has 2 heterocycles. The zero-order valence-corrected chi connectivity index (χ0v) is 14.7. The first kappa shape index (κ1) is 15.0. The summed E-state index contributed by atoms with van der Waals surface area (Å²) in [5.74, 6) is 0.142. The van der Waals surface area contributed by atoms with Crippen molar-refractivity contribution in [3.8, 4) is 11.1 Å². The van der Waals surface area contributed by atoms with E-state index in [0.717, 1.165) is 32.9 Å². The van der Waals surface area contributed by atoms with E-state index in [-0.39, 0.29) is 18.4 Å². The number of benzene rings is 3. The number of para-hydroxylation sites is 1. The molecule has 2 aliphatic rings. The van der Waals surface area contributed by atoms with Gasteiger partial charge in [0.15, 0.2) is 0 Å². The molecule has 6 rings (SSSR count). The number of hydrogen-bond acceptors (Lipinski definition) is 2. The molecule has 1 aliphatic carbocycles. The number of aromatic amines is 1. The Labute approximate surface area is 155 Å². The van der Waals surface area contributed by atoms with Crippen molar-refractivity contribution in [3.05, 3.63) is 70.8 Å². The first-order valence-corrected chi connectivity index (χ1v) is 9.37. The summed E-state index contributed by atoms with van der Waals surface area (Å²) < 4.78 is 0. The highest BCUT2D eigenvalue weighted by atomic mass is 16.3. The lowest BCUT2D eigenvalue weighted by molar-refractivity contribution is 0.0967. The highest BCUT2D eigenvalue weighted by Crippen LogP contribution is 2.53. The number of hydrogen-bond donors (Lipinski definition) is 3. The van der Waals surface area contributed by atoms with E-state index in [4.69, 9.17) is 0 Å². The lowest BCUT2D eigenvalue weighted by Gasteiger charge is -2.14. The van der Waals surface area contributed by atoms with E-state index in [2.05, 4.69) is 46.7 Å². The van der Waals surface area contributed by atoms with Crippen molar-refractivity contribution in [1.29, 1.82) is 0 Å². The van der Waals surface area contributed by atoms with E-state index in [0.29, 0.717) is 13.0 Å². The predicted octanol–water partition coefficient (Wildman–Crippen LogP) is 4.06. The molecule has 0 saturated carbocycles. The molecule has 4 aromatic rings. The van der Waals surface area contributed by atoms with Crippen LogP contribution in [0.25, 0.3) is 32.9 Å². The molecule has 1 atom stereocenters. The second-order valence-electron chi connectivity index (χ2n) is 7.40. The number of rotatable bonds is 2. The van der Waals surface area contributed by atoms with Gasteiger partial charge in [-0.05, 0) is 40.3 Å². The van der Waals surface area contributed by atoms with Crippen LogP contribution >= 0.6 is 0 Å². The van der Waals surface area contributed by atoms with Gasteiger partial charge >= 0.3 is 0 Å². The standard InChI is InChI=1S/C23H18N2O2/c26-10-9-14-12-5-1-2-6-13(12)18-16-11-24-23(27)21(16)20-15-7-3-4-8-17(15)25-22(20)19(14)18/h1-8,14,25-26H,9-11H2,(H,24,27). The first-order chi connectivity index (χ1) is 13.3. The van der Waals surface area contributed by atoms with Gasteiger partial charge in [-0.25, -0.2) is 0 Å². The monoisotopic (exact) mass is 354 g/mol. The number of carbonyl (C=O) groups is 1. The van der Waals surface area contributed by atoms with E-state index in [1.54, 1.807) is 0 Å². The Hall–Kier alpha value is -3.11. The van der Waals surface area contributed by atoms with Gasteiger partial charge in [0, 0.05) is 35.4 Å². The second kappa shape index (κ2) is 5.21. The number of H-pyrrole nitrogens is 1. The van der Waals surface area contributed by atoms with Crippen LogP contribution in [0.2, 0.25) is 0 Å². The van der Waals surface area contributed by atoms with Crippen LogP contribution in [-0.2, 0) is 6.54 Å². The van der Waals surface area contributed by atoms with E-state index in [1.807, 2.05) is 12.1 Å². The van der Waals surface area contributed by atoms with Gasteiger partial charge in [0.25, 0.3) is 5.91 Å². The molecule has 0 spiro atoms. The Bertz CT molecular complexity index is 1270. The van der Waals surface area contributed by atoms with Gasteiger partial charge in [0.1, 0.15) is 0 Å². The third kappa shape index (κ3) is 1.78. The van der Waals surface area contributed by atoms with Crippen LogP contribution in [0.1, 0.15) is 39.4 Å². The molecule has 0 fully saturated rings. The molecule has 1 unspecified atom stereocenters. The number of aliphatic hydroxyl groups excluding tert-OH is 1. The summed E-state index contributed by atoms with van der Waals surface area (Å²) in [7, 11) is 0. The fraction of sp³-hybridized carbons (Fsp3) is 0.174. The van der Waals surface area contributed by atoms with Gasteiger partial charge in [-0.15, -0.1) is 0 Å². The van der Waals surface area contributed by atoms with Crippen molar-refractivity contribution in [3.63, 3.8) is 0 Å². The number of carbonyl (C=O) groups excluding carboxylic acids is 1. The molecule has 4 heteroatoms. The van der Waals surface area contributed by atoms with Gasteiger partial charge in [-0.1, -0.05) is 42.5 Å². The van der Waals surface area contributed by atoms with Crippen molar-refractivity contribution in [1.82, 2.24) is 10.3 Å². The SMILES string of the molecule is O=C1NCc2c3c(c4[nH]c5ccccc5c4c21)C(CCO)c1ccccc1-3. The summed E-state index contributed by atoms with van der Waals surface area (Å²) in [6, 6.07) is 16.6. The molecule has 4 nitrogen and oxygen atoms in total. The minimum Gasteiger partial charge on any atom is -0.396 e. The maximum atomic E-state index is 12.8. The molecule has 1 aromatic heterocycles. The quantitative estimate of drug-likeness (QED) is 0.508. The van der Waals surface area contributed by atoms with Gasteiger partial charge in [-0.2, -0.15) is 0 Å². The zero-order valence-electron chi connectivity index (χ0n) is 14.7. The lowest BCUT2D eigenvalue weighted by Crippen LogP contribution is -2.12. The molecular weight excluding hydrogens is 336 g/mol. The minimum absolute atomic E-state index is 0.00522. The van der Waals surface area contributed by atoms with Crippen molar-refractivity contribution < 1.29 is 9.90 Å². The van der Waals surface area contributed by atoms with Gasteiger partial charge in [-0.3, -0.25) is 4.79 Å². The summed E-state index contributed by atoms with van der Waals surface area (Å²) in [6.07, 6.45) is 0.675. The Balaban J connectivity index is 1.85. The molecule has 3 N–H and O–H groups in total. The maximum Gasteiger partial charge on any atom is 0.252 e. The van der Waals surface area contributed by atoms with Crippen LogP contribution < -0.4 is 5.32 Å². The van der Waals surface area contributed by atoms with Crippen LogP contribution in [-0.4, -0.2) is 22.6 Å². The van der Waals surface area contributed by atoms with Gasteiger partial charge in [0.05, 0.1) is 11.1 Å². The Morgan fingerprint density at radius 2 is 1.85 bits per heavy atom. The second-order valence-corrected chi connectivity index (χ2v) is 7.40. The van der Waals surface area contributed by atoms with Gasteiger partial charge < -0.3 is 15.4 Å². The molecule has 0 radical (unpaired) electrons. The molecule has 1 amide bonds. The van der Waals surface area contributed by atoms with E-state index in [1.165, 1.54) is 22.3 Å². The fourth-order valence-electron chi connectivity index (χ4n) is 5.12. The number of nitrogens with one attached hydrogen (secondary N) is 2. The van der Waals surface area contributed by atoms with Crippen LogP contribution in [0.4, 0.5) is 0 Å². The minimum atomic E-state index is 0.00522. The average Bonchev–Trinajstić information content (AvgIpc) is 3.34. The number of fused-ring (bicyclic) bond motifs is 10. The third-order valence-corrected chi connectivity index (χ3v) is 6.12. The number of aliphatic hydroxyl groups is 1. The van der Waals surface area contributed by atoms with Crippen molar-refractivity contribution in [2.75, 3.05) is 6.61 Å². The summed E-state index contributed by atoms with van der Waals surface area (Å²) >= 11 is 0. The maximum absolute atomic E-state index is 12.8. The van der Waals surface area contributed by atoms with E-state index >= 15 is 0 Å². The van der Waals surface area contributed by atoms with Gasteiger partial charge in [0.2, 0.25) is 0 Å². The summed E-state index contributed by atoms with van der Waals surface area (Å²) in [5, 5.41) is 14.9. The number of aromatic nitrogens is 1. The molecular formula is C23H18N2O2. The summed E-state index contributed by atoms with van der Waals surface area (Å²) in [4.78, 5) is 16.4. The van der Waals surface area contributed by atoms with Crippen LogP contribution in [0.3, 0.4) is 0 Å². The van der Waals surface area contributed by atoms with Crippen LogP contribution in [0, 0.1) is 0 Å².